The Bertz CT molecular complexity index is 491. The van der Waals surface area contributed by atoms with Crippen LogP contribution < -0.4 is 4.74 Å². The topological polar surface area (TPSA) is 63.6 Å². The molecule has 0 heterocycles. The van der Waals surface area contributed by atoms with Crippen molar-refractivity contribution >= 4 is 9.84 Å². The zero-order valence-corrected chi connectivity index (χ0v) is 11.3. The molecule has 1 aromatic carbocycles. The molecule has 0 saturated heterocycles. The fourth-order valence-corrected chi connectivity index (χ4v) is 2.00. The van der Waals surface area contributed by atoms with Crippen molar-refractivity contribution < 1.29 is 18.3 Å². The minimum absolute atomic E-state index is 0.477. The summed E-state index contributed by atoms with van der Waals surface area (Å²) in [6.45, 7) is 3.00. The predicted molar refractivity (Wildman–Crippen MR) is 66.9 cm³/mol. The van der Waals surface area contributed by atoms with E-state index < -0.39 is 20.7 Å². The first kappa shape index (κ1) is 14.0. The number of hydrogen-bond acceptors (Lipinski definition) is 4. The molecule has 0 radical (unpaired) electrons. The van der Waals surface area contributed by atoms with Crippen LogP contribution in [-0.2, 0) is 9.84 Å². The molecule has 17 heavy (non-hydrogen) atoms. The number of para-hydroxylation sites is 1. The Labute approximate surface area is 102 Å². The number of aliphatic hydroxyl groups excluding tert-OH is 1. The van der Waals surface area contributed by atoms with Crippen molar-refractivity contribution in [2.75, 3.05) is 13.4 Å². The van der Waals surface area contributed by atoms with Crippen molar-refractivity contribution in [3.8, 4) is 5.75 Å². The molecule has 1 atom stereocenters. The number of benzene rings is 1. The molecule has 0 aromatic heterocycles. The third-order valence-corrected chi connectivity index (χ3v) is 5.18. The molecule has 1 rings (SSSR count). The van der Waals surface area contributed by atoms with E-state index in [1.807, 2.05) is 0 Å². The lowest BCUT2D eigenvalue weighted by molar-refractivity contribution is 0.136. The number of methoxy groups -OCH3 is 1. The van der Waals surface area contributed by atoms with Gasteiger partial charge in [0.05, 0.1) is 11.9 Å². The first-order valence-corrected chi connectivity index (χ1v) is 7.11. The van der Waals surface area contributed by atoms with E-state index in [0.717, 1.165) is 6.26 Å². The van der Waals surface area contributed by atoms with Gasteiger partial charge in [-0.2, -0.15) is 0 Å². The Balaban J connectivity index is 3.26. The summed E-state index contributed by atoms with van der Waals surface area (Å²) in [7, 11) is -1.90. The average Bonchev–Trinajstić information content (AvgIpc) is 2.26. The van der Waals surface area contributed by atoms with Crippen LogP contribution in [0.25, 0.3) is 0 Å². The third kappa shape index (κ3) is 2.61. The molecule has 0 bridgehead atoms. The SMILES string of the molecule is COc1ccccc1C(O)C(C)(C)S(C)(=O)=O. The predicted octanol–water partition coefficient (Wildman–Crippen LogP) is 1.55. The summed E-state index contributed by atoms with van der Waals surface area (Å²) in [6, 6.07) is 6.86. The lowest BCUT2D eigenvalue weighted by Crippen LogP contribution is -2.38. The second-order valence-corrected chi connectivity index (χ2v) is 7.12. The molecule has 0 aliphatic rings. The van der Waals surface area contributed by atoms with Gasteiger partial charge in [0.15, 0.2) is 9.84 Å². The Hall–Kier alpha value is -1.07. The second-order valence-electron chi connectivity index (χ2n) is 4.52. The van der Waals surface area contributed by atoms with Crippen LogP contribution in [0.15, 0.2) is 24.3 Å². The van der Waals surface area contributed by atoms with Gasteiger partial charge in [0.2, 0.25) is 0 Å². The van der Waals surface area contributed by atoms with E-state index in [4.69, 9.17) is 4.74 Å². The number of rotatable bonds is 4. The van der Waals surface area contributed by atoms with E-state index in [1.54, 1.807) is 24.3 Å². The normalized spacial score (nSPS) is 14.4. The Morgan fingerprint density at radius 1 is 1.29 bits per heavy atom. The Morgan fingerprint density at radius 3 is 2.29 bits per heavy atom. The second kappa shape index (κ2) is 4.66. The van der Waals surface area contributed by atoms with E-state index in [0.29, 0.717) is 11.3 Å². The van der Waals surface area contributed by atoms with Gasteiger partial charge in [0.25, 0.3) is 0 Å². The van der Waals surface area contributed by atoms with Gasteiger partial charge in [0, 0.05) is 11.8 Å². The van der Waals surface area contributed by atoms with E-state index >= 15 is 0 Å². The highest BCUT2D eigenvalue weighted by atomic mass is 32.2. The third-order valence-electron chi connectivity index (χ3n) is 3.05. The average molecular weight is 258 g/mol. The monoisotopic (exact) mass is 258 g/mol. The molecule has 0 aliphatic carbocycles. The van der Waals surface area contributed by atoms with Crippen molar-refractivity contribution in [2.24, 2.45) is 0 Å². The summed E-state index contributed by atoms with van der Waals surface area (Å²) in [4.78, 5) is 0. The van der Waals surface area contributed by atoms with Crippen molar-refractivity contribution in [1.82, 2.24) is 0 Å². The number of aliphatic hydroxyl groups is 1. The zero-order valence-electron chi connectivity index (χ0n) is 10.5. The van der Waals surface area contributed by atoms with Gasteiger partial charge < -0.3 is 9.84 Å². The standard InChI is InChI=1S/C12H18O4S/c1-12(2,17(4,14)15)11(13)9-7-5-6-8-10(9)16-3/h5-8,11,13H,1-4H3. The van der Waals surface area contributed by atoms with Crippen molar-refractivity contribution in [2.45, 2.75) is 24.7 Å². The van der Waals surface area contributed by atoms with Crippen LogP contribution in [-0.4, -0.2) is 31.6 Å². The first-order chi connectivity index (χ1) is 7.71. The van der Waals surface area contributed by atoms with E-state index in [9.17, 15) is 13.5 Å². The number of hydrogen-bond donors (Lipinski definition) is 1. The van der Waals surface area contributed by atoms with Gasteiger partial charge in [-0.25, -0.2) is 8.42 Å². The fourth-order valence-electron chi connectivity index (χ4n) is 1.47. The minimum atomic E-state index is -3.38. The van der Waals surface area contributed by atoms with Crippen molar-refractivity contribution in [3.05, 3.63) is 29.8 Å². The van der Waals surface area contributed by atoms with Gasteiger partial charge >= 0.3 is 0 Å². The van der Waals surface area contributed by atoms with Crippen LogP contribution in [0.5, 0.6) is 5.75 Å². The molecule has 4 nitrogen and oxygen atoms in total. The Kier molecular flexibility index (Phi) is 3.84. The van der Waals surface area contributed by atoms with Gasteiger partial charge in [-0.1, -0.05) is 18.2 Å². The summed E-state index contributed by atoms with van der Waals surface area (Å²) >= 11 is 0. The van der Waals surface area contributed by atoms with Gasteiger partial charge in [-0.3, -0.25) is 0 Å². The molecule has 0 spiro atoms. The summed E-state index contributed by atoms with van der Waals surface area (Å²) in [5, 5.41) is 10.2. The maximum absolute atomic E-state index is 11.7. The summed E-state index contributed by atoms with van der Waals surface area (Å²) in [5.74, 6) is 0.483. The molecule has 0 aliphatic heterocycles. The van der Waals surface area contributed by atoms with E-state index in [-0.39, 0.29) is 0 Å². The largest absolute Gasteiger partial charge is 0.496 e. The molecule has 1 N–H and O–H groups in total. The van der Waals surface area contributed by atoms with Crippen LogP contribution in [0.1, 0.15) is 25.5 Å². The quantitative estimate of drug-likeness (QED) is 0.890. The van der Waals surface area contributed by atoms with Crippen LogP contribution in [0.4, 0.5) is 0 Å². The van der Waals surface area contributed by atoms with Crippen molar-refractivity contribution in [1.29, 1.82) is 0 Å². The van der Waals surface area contributed by atoms with Crippen LogP contribution >= 0.6 is 0 Å². The molecule has 96 valence electrons. The minimum Gasteiger partial charge on any atom is -0.496 e. The molecule has 1 unspecified atom stereocenters. The zero-order chi connectivity index (χ0) is 13.3. The van der Waals surface area contributed by atoms with Crippen LogP contribution in [0, 0.1) is 0 Å². The van der Waals surface area contributed by atoms with Crippen LogP contribution in [0.2, 0.25) is 0 Å². The molecular weight excluding hydrogens is 240 g/mol. The van der Waals surface area contributed by atoms with Crippen molar-refractivity contribution in [3.63, 3.8) is 0 Å². The lowest BCUT2D eigenvalue weighted by Gasteiger charge is -2.29. The number of ether oxygens (including phenoxy) is 1. The maximum atomic E-state index is 11.7. The Morgan fingerprint density at radius 2 is 1.82 bits per heavy atom. The smallest absolute Gasteiger partial charge is 0.155 e. The molecule has 0 amide bonds. The highest BCUT2D eigenvalue weighted by Gasteiger charge is 2.40. The lowest BCUT2D eigenvalue weighted by atomic mass is 9.97. The van der Waals surface area contributed by atoms with Crippen LogP contribution in [0.3, 0.4) is 0 Å². The molecular formula is C12H18O4S. The summed E-state index contributed by atoms with van der Waals surface area (Å²) < 4.78 is 27.2. The summed E-state index contributed by atoms with van der Waals surface area (Å²) in [5.41, 5.74) is 0.477. The maximum Gasteiger partial charge on any atom is 0.155 e. The number of sulfone groups is 1. The van der Waals surface area contributed by atoms with E-state index in [1.165, 1.54) is 21.0 Å². The van der Waals surface area contributed by atoms with Gasteiger partial charge in [-0.15, -0.1) is 0 Å². The molecule has 0 fully saturated rings. The van der Waals surface area contributed by atoms with E-state index in [2.05, 4.69) is 0 Å². The highest BCUT2D eigenvalue weighted by Crippen LogP contribution is 2.36. The summed E-state index contributed by atoms with van der Waals surface area (Å²) in [6.07, 6.45) is -0.0142. The molecule has 1 aromatic rings. The van der Waals surface area contributed by atoms with Gasteiger partial charge in [0.1, 0.15) is 11.9 Å². The first-order valence-electron chi connectivity index (χ1n) is 5.22. The molecule has 0 saturated carbocycles. The highest BCUT2D eigenvalue weighted by molar-refractivity contribution is 7.92. The van der Waals surface area contributed by atoms with Gasteiger partial charge in [-0.05, 0) is 19.9 Å². The fraction of sp³-hybridized carbons (Fsp3) is 0.500. The molecule has 5 heteroatoms.